The van der Waals surface area contributed by atoms with Gasteiger partial charge in [0.1, 0.15) is 4.92 Å². The Morgan fingerprint density at radius 2 is 2.31 bits per heavy atom. The minimum absolute atomic E-state index is 0.139. The predicted molar refractivity (Wildman–Crippen MR) is 56.2 cm³/mol. The average Bonchev–Trinajstić information content (AvgIpc) is 2.74. The van der Waals surface area contributed by atoms with Crippen LogP contribution in [0.4, 0.5) is 5.88 Å². The zero-order valence-electron chi connectivity index (χ0n) is 8.89. The van der Waals surface area contributed by atoms with Crippen molar-refractivity contribution in [2.24, 2.45) is 5.10 Å². The van der Waals surface area contributed by atoms with E-state index < -0.39 is 16.7 Å². The number of carbonyl (C=O) groups excluding carboxylic acids is 1. The molecule has 0 saturated heterocycles. The average molecular weight is 225 g/mol. The van der Waals surface area contributed by atoms with Gasteiger partial charge in [-0.15, -0.1) is 0 Å². The molecule has 0 saturated carbocycles. The molecule has 1 aromatic rings. The van der Waals surface area contributed by atoms with Gasteiger partial charge in [-0.05, 0) is 19.4 Å². The van der Waals surface area contributed by atoms with E-state index in [2.05, 4.69) is 10.5 Å². The van der Waals surface area contributed by atoms with Crippen LogP contribution < -0.4 is 5.43 Å². The molecule has 7 nitrogen and oxygen atoms in total. The summed E-state index contributed by atoms with van der Waals surface area (Å²) >= 11 is 0. The molecule has 0 unspecified atom stereocenters. The van der Waals surface area contributed by atoms with Crippen LogP contribution in [-0.4, -0.2) is 16.5 Å². The molecule has 0 radical (unpaired) electrons. The first-order chi connectivity index (χ1) is 7.54. The summed E-state index contributed by atoms with van der Waals surface area (Å²) in [7, 11) is 0. The van der Waals surface area contributed by atoms with E-state index in [0.717, 1.165) is 11.8 Å². The Morgan fingerprint density at radius 1 is 1.62 bits per heavy atom. The normalized spacial score (nSPS) is 11.2. The summed E-state index contributed by atoms with van der Waals surface area (Å²) in [5.41, 5.74) is 2.98. The van der Waals surface area contributed by atoms with Crippen LogP contribution in [0.3, 0.4) is 0 Å². The van der Waals surface area contributed by atoms with Crippen molar-refractivity contribution in [2.75, 3.05) is 0 Å². The highest BCUT2D eigenvalue weighted by molar-refractivity contribution is 5.93. The van der Waals surface area contributed by atoms with Gasteiger partial charge in [-0.25, -0.2) is 5.43 Å². The lowest BCUT2D eigenvalue weighted by Crippen LogP contribution is -2.18. The molecular weight excluding hydrogens is 214 g/mol. The van der Waals surface area contributed by atoms with Gasteiger partial charge in [-0.1, -0.05) is 6.92 Å². The number of nitrogens with zero attached hydrogens (tertiary/aromatic N) is 2. The maximum atomic E-state index is 11.4. The first-order valence-electron chi connectivity index (χ1n) is 4.62. The third kappa shape index (κ3) is 2.91. The van der Waals surface area contributed by atoms with E-state index in [0.29, 0.717) is 6.42 Å². The van der Waals surface area contributed by atoms with Crippen LogP contribution in [0.25, 0.3) is 0 Å². The second kappa shape index (κ2) is 5.06. The third-order valence-corrected chi connectivity index (χ3v) is 1.86. The van der Waals surface area contributed by atoms with Gasteiger partial charge in [0, 0.05) is 5.71 Å². The second-order valence-electron chi connectivity index (χ2n) is 3.04. The largest absolute Gasteiger partial charge is 0.433 e. The van der Waals surface area contributed by atoms with E-state index in [1.165, 1.54) is 6.07 Å². The van der Waals surface area contributed by atoms with Gasteiger partial charge in [-0.2, -0.15) is 5.10 Å². The number of nitro groups is 1. The topological polar surface area (TPSA) is 97.7 Å². The first-order valence-corrected chi connectivity index (χ1v) is 4.62. The van der Waals surface area contributed by atoms with Gasteiger partial charge in [0.15, 0.2) is 0 Å². The smallest absolute Gasteiger partial charge is 0.395 e. The van der Waals surface area contributed by atoms with Crippen molar-refractivity contribution in [3.63, 3.8) is 0 Å². The van der Waals surface area contributed by atoms with Crippen LogP contribution in [0.2, 0.25) is 0 Å². The van der Waals surface area contributed by atoms with Crippen molar-refractivity contribution in [3.8, 4) is 0 Å². The molecule has 1 rings (SSSR count). The molecule has 0 atom stereocenters. The number of hydrogen-bond acceptors (Lipinski definition) is 5. The molecule has 0 aromatic carbocycles. The standard InChI is InChI=1S/C9H11N3O4/c1-3-6(2)10-11-9(13)7-4-5-8(16-7)12(14)15/h4-5H,3H2,1-2H3,(H,11,13). The highest BCUT2D eigenvalue weighted by Gasteiger charge is 2.16. The molecule has 1 aromatic heterocycles. The van der Waals surface area contributed by atoms with Gasteiger partial charge >= 0.3 is 11.8 Å². The number of hydrazone groups is 1. The van der Waals surface area contributed by atoms with Crippen molar-refractivity contribution in [1.29, 1.82) is 0 Å². The molecule has 86 valence electrons. The fraction of sp³-hybridized carbons (Fsp3) is 0.333. The van der Waals surface area contributed by atoms with Gasteiger partial charge in [0.25, 0.3) is 0 Å². The van der Waals surface area contributed by atoms with E-state index in [1.54, 1.807) is 6.92 Å². The molecule has 0 spiro atoms. The Bertz CT molecular complexity index is 436. The van der Waals surface area contributed by atoms with Gasteiger partial charge in [0.2, 0.25) is 5.76 Å². The summed E-state index contributed by atoms with van der Waals surface area (Å²) in [4.78, 5) is 21.0. The fourth-order valence-electron chi connectivity index (χ4n) is 0.828. The Hall–Kier alpha value is -2.18. The number of carbonyl (C=O) groups is 1. The quantitative estimate of drug-likeness (QED) is 0.479. The van der Waals surface area contributed by atoms with E-state index in [9.17, 15) is 14.9 Å². The van der Waals surface area contributed by atoms with Crippen LogP contribution in [0.5, 0.6) is 0 Å². The maximum Gasteiger partial charge on any atom is 0.433 e. The van der Waals surface area contributed by atoms with Crippen LogP contribution in [-0.2, 0) is 0 Å². The van der Waals surface area contributed by atoms with E-state index >= 15 is 0 Å². The minimum Gasteiger partial charge on any atom is -0.395 e. The highest BCUT2D eigenvalue weighted by atomic mass is 16.6. The van der Waals surface area contributed by atoms with Crippen LogP contribution in [0.1, 0.15) is 30.8 Å². The lowest BCUT2D eigenvalue weighted by molar-refractivity contribution is -0.402. The van der Waals surface area contributed by atoms with Crippen molar-refractivity contribution in [1.82, 2.24) is 5.43 Å². The summed E-state index contributed by atoms with van der Waals surface area (Å²) in [6, 6.07) is 2.34. The zero-order chi connectivity index (χ0) is 12.1. The number of rotatable bonds is 4. The molecule has 16 heavy (non-hydrogen) atoms. The Morgan fingerprint density at radius 3 is 2.81 bits per heavy atom. The Balaban J connectivity index is 2.70. The molecule has 0 bridgehead atoms. The molecule has 0 aliphatic rings. The molecular formula is C9H11N3O4. The summed E-state index contributed by atoms with van der Waals surface area (Å²) in [5.74, 6) is -1.22. The minimum atomic E-state index is -0.711. The van der Waals surface area contributed by atoms with Crippen molar-refractivity contribution >= 4 is 17.5 Å². The van der Waals surface area contributed by atoms with Crippen LogP contribution in [0.15, 0.2) is 21.7 Å². The summed E-state index contributed by atoms with van der Waals surface area (Å²) in [6.45, 7) is 3.65. The Labute approximate surface area is 91.3 Å². The Kier molecular flexibility index (Phi) is 3.76. The van der Waals surface area contributed by atoms with E-state index in [1.807, 2.05) is 6.92 Å². The summed E-state index contributed by atoms with van der Waals surface area (Å²) in [6.07, 6.45) is 0.707. The SMILES string of the molecule is CCC(C)=NNC(=O)c1ccc([N+](=O)[O-])o1. The molecule has 0 fully saturated rings. The van der Waals surface area contributed by atoms with Crippen LogP contribution >= 0.6 is 0 Å². The van der Waals surface area contributed by atoms with Crippen LogP contribution in [0, 0.1) is 10.1 Å². The van der Waals surface area contributed by atoms with Gasteiger partial charge in [0.05, 0.1) is 6.07 Å². The van der Waals surface area contributed by atoms with Crippen molar-refractivity contribution < 1.29 is 14.1 Å². The third-order valence-electron chi connectivity index (χ3n) is 1.86. The van der Waals surface area contributed by atoms with E-state index in [-0.39, 0.29) is 5.76 Å². The second-order valence-corrected chi connectivity index (χ2v) is 3.04. The summed E-state index contributed by atoms with van der Waals surface area (Å²) in [5, 5.41) is 14.1. The summed E-state index contributed by atoms with van der Waals surface area (Å²) < 4.78 is 4.69. The molecule has 0 aliphatic carbocycles. The molecule has 1 heterocycles. The molecule has 1 amide bonds. The molecule has 0 aliphatic heterocycles. The maximum absolute atomic E-state index is 11.4. The fourth-order valence-corrected chi connectivity index (χ4v) is 0.828. The van der Waals surface area contributed by atoms with Crippen molar-refractivity contribution in [2.45, 2.75) is 20.3 Å². The van der Waals surface area contributed by atoms with Crippen molar-refractivity contribution in [3.05, 3.63) is 28.0 Å². The molecule has 1 N–H and O–H groups in total. The lowest BCUT2D eigenvalue weighted by Gasteiger charge is -1.96. The number of hydrogen-bond donors (Lipinski definition) is 1. The monoisotopic (exact) mass is 225 g/mol. The van der Waals surface area contributed by atoms with Gasteiger partial charge < -0.3 is 4.42 Å². The number of furan rings is 1. The number of nitrogens with one attached hydrogen (secondary N) is 1. The highest BCUT2D eigenvalue weighted by Crippen LogP contribution is 2.15. The van der Waals surface area contributed by atoms with Gasteiger partial charge in [-0.3, -0.25) is 14.9 Å². The lowest BCUT2D eigenvalue weighted by atomic mass is 10.3. The molecule has 7 heteroatoms. The zero-order valence-corrected chi connectivity index (χ0v) is 8.89. The first kappa shape index (κ1) is 11.9. The predicted octanol–water partition coefficient (Wildman–Crippen LogP) is 1.70. The van der Waals surface area contributed by atoms with E-state index in [4.69, 9.17) is 4.42 Å². The number of amides is 1.